The summed E-state index contributed by atoms with van der Waals surface area (Å²) in [7, 11) is 0. The van der Waals surface area contributed by atoms with Crippen LogP contribution in [-0.4, -0.2) is 22.8 Å². The molecule has 1 N–H and O–H groups in total. The lowest BCUT2D eigenvalue weighted by atomic mass is 9.87. The van der Waals surface area contributed by atoms with Crippen LogP contribution in [0.2, 0.25) is 0 Å². The quantitative estimate of drug-likeness (QED) is 0.508. The third-order valence-electron chi connectivity index (χ3n) is 2.41. The molecule has 2 unspecified atom stereocenters. The smallest absolute Gasteiger partial charge is 0.172 e. The molecule has 0 amide bonds. The number of hydrogen-bond donors (Lipinski definition) is 1. The number of rotatable bonds is 0. The summed E-state index contributed by atoms with van der Waals surface area (Å²) in [5.74, 6) is -1.13. The van der Waals surface area contributed by atoms with Crippen molar-refractivity contribution < 1.29 is 14.7 Å². The molecule has 11 heavy (non-hydrogen) atoms. The molecule has 3 heteroatoms. The van der Waals surface area contributed by atoms with Gasteiger partial charge in [0.1, 0.15) is 6.10 Å². The molecule has 0 bridgehead atoms. The van der Waals surface area contributed by atoms with Crippen LogP contribution in [0.4, 0.5) is 0 Å². The summed E-state index contributed by atoms with van der Waals surface area (Å²) in [5, 5.41) is 9.30. The van der Waals surface area contributed by atoms with Gasteiger partial charge in [0, 0.05) is 0 Å². The van der Waals surface area contributed by atoms with E-state index in [2.05, 4.69) is 0 Å². The van der Waals surface area contributed by atoms with Crippen molar-refractivity contribution in [2.75, 3.05) is 0 Å². The average Bonchev–Trinajstić information content (AvgIpc) is 2.06. The molecule has 1 saturated carbocycles. The maximum absolute atomic E-state index is 11.3. The van der Waals surface area contributed by atoms with Crippen molar-refractivity contribution in [1.82, 2.24) is 0 Å². The molecule has 1 aliphatic carbocycles. The summed E-state index contributed by atoms with van der Waals surface area (Å²) < 4.78 is 0. The second-order valence-corrected chi connectivity index (χ2v) is 3.61. The number of aliphatic hydroxyl groups is 1. The van der Waals surface area contributed by atoms with Crippen LogP contribution in [0.15, 0.2) is 0 Å². The molecule has 0 heterocycles. The minimum atomic E-state index is -1.11. The van der Waals surface area contributed by atoms with Gasteiger partial charge in [-0.15, -0.1) is 0 Å². The summed E-state index contributed by atoms with van der Waals surface area (Å²) in [4.78, 5) is 22.3. The molecule has 1 aliphatic rings. The Morgan fingerprint density at radius 3 is 1.91 bits per heavy atom. The summed E-state index contributed by atoms with van der Waals surface area (Å²) in [5.41, 5.74) is -0.878. The molecule has 62 valence electrons. The molecule has 0 aromatic rings. The molecule has 1 fully saturated rings. The highest BCUT2D eigenvalue weighted by molar-refractivity contribution is 6.13. The third-order valence-corrected chi connectivity index (χ3v) is 2.41. The zero-order valence-corrected chi connectivity index (χ0v) is 6.92. The monoisotopic (exact) mass is 156 g/mol. The van der Waals surface area contributed by atoms with Gasteiger partial charge in [-0.2, -0.15) is 0 Å². The number of carbonyl (C=O) groups excluding carboxylic acids is 2. The number of aliphatic hydroxyl groups excluding tert-OH is 1. The van der Waals surface area contributed by atoms with E-state index in [1.807, 2.05) is 0 Å². The molecule has 3 nitrogen and oxygen atoms in total. The van der Waals surface area contributed by atoms with Crippen LogP contribution in [0.25, 0.3) is 0 Å². The van der Waals surface area contributed by atoms with Crippen LogP contribution in [-0.2, 0) is 9.59 Å². The van der Waals surface area contributed by atoms with Gasteiger partial charge < -0.3 is 5.11 Å². The number of ketones is 2. The van der Waals surface area contributed by atoms with E-state index < -0.39 is 17.4 Å². The van der Waals surface area contributed by atoms with E-state index in [1.165, 1.54) is 0 Å². The molecule has 2 atom stereocenters. The van der Waals surface area contributed by atoms with Gasteiger partial charge in [0.15, 0.2) is 11.6 Å². The maximum atomic E-state index is 11.3. The number of carbonyl (C=O) groups is 2. The van der Waals surface area contributed by atoms with Crippen LogP contribution >= 0.6 is 0 Å². The van der Waals surface area contributed by atoms with E-state index in [9.17, 15) is 14.7 Å². The Bertz CT molecular complexity index is 217. The lowest BCUT2D eigenvalue weighted by Gasteiger charge is -2.18. The Morgan fingerprint density at radius 1 is 1.36 bits per heavy atom. The van der Waals surface area contributed by atoms with E-state index in [0.717, 1.165) is 0 Å². The molecule has 0 aromatic heterocycles. The summed E-state index contributed by atoms with van der Waals surface area (Å²) in [6.07, 6.45) is -1.11. The van der Waals surface area contributed by atoms with Crippen molar-refractivity contribution in [1.29, 1.82) is 0 Å². The lowest BCUT2D eigenvalue weighted by Crippen LogP contribution is -2.31. The highest BCUT2D eigenvalue weighted by Crippen LogP contribution is 2.34. The molecule has 0 aromatic carbocycles. The van der Waals surface area contributed by atoms with E-state index in [1.54, 1.807) is 20.8 Å². The first kappa shape index (κ1) is 8.40. The Hall–Kier alpha value is -0.700. The van der Waals surface area contributed by atoms with Crippen molar-refractivity contribution in [3.63, 3.8) is 0 Å². The summed E-state index contributed by atoms with van der Waals surface area (Å²) in [6, 6.07) is 0. The number of hydrogen-bond acceptors (Lipinski definition) is 3. The molecule has 0 saturated heterocycles. The van der Waals surface area contributed by atoms with Crippen LogP contribution in [0.5, 0.6) is 0 Å². The van der Waals surface area contributed by atoms with Crippen molar-refractivity contribution in [3.8, 4) is 0 Å². The average molecular weight is 156 g/mol. The molecular formula is C8H12O3. The normalized spacial score (nSPS) is 36.4. The van der Waals surface area contributed by atoms with Crippen LogP contribution < -0.4 is 0 Å². The Morgan fingerprint density at radius 2 is 1.82 bits per heavy atom. The van der Waals surface area contributed by atoms with Gasteiger partial charge in [0.05, 0.1) is 11.3 Å². The number of Topliss-reactive ketones (excluding diaryl/α,β-unsaturated/α-hetero) is 2. The zero-order valence-electron chi connectivity index (χ0n) is 6.92. The largest absolute Gasteiger partial charge is 0.384 e. The van der Waals surface area contributed by atoms with E-state index in [0.29, 0.717) is 0 Å². The second kappa shape index (κ2) is 2.14. The van der Waals surface area contributed by atoms with Crippen molar-refractivity contribution in [2.45, 2.75) is 26.9 Å². The lowest BCUT2D eigenvalue weighted by molar-refractivity contribution is -0.129. The van der Waals surface area contributed by atoms with Crippen LogP contribution in [0.1, 0.15) is 20.8 Å². The van der Waals surface area contributed by atoms with E-state index >= 15 is 0 Å². The van der Waals surface area contributed by atoms with Gasteiger partial charge in [0.2, 0.25) is 0 Å². The fourth-order valence-corrected chi connectivity index (χ4v) is 1.41. The van der Waals surface area contributed by atoms with Crippen molar-refractivity contribution in [3.05, 3.63) is 0 Å². The third kappa shape index (κ3) is 0.913. The summed E-state index contributed by atoms with van der Waals surface area (Å²) in [6.45, 7) is 4.74. The first-order valence-electron chi connectivity index (χ1n) is 3.65. The first-order chi connectivity index (χ1) is 4.89. The molecule has 0 spiro atoms. The first-order valence-corrected chi connectivity index (χ1v) is 3.65. The van der Waals surface area contributed by atoms with Crippen LogP contribution in [0.3, 0.4) is 0 Å². The van der Waals surface area contributed by atoms with Gasteiger partial charge in [-0.25, -0.2) is 0 Å². The van der Waals surface area contributed by atoms with Crippen molar-refractivity contribution in [2.24, 2.45) is 11.3 Å². The Kier molecular flexibility index (Phi) is 1.63. The SMILES string of the molecule is CC1C(=O)C(O)C(C)(C)C1=O. The standard InChI is InChI=1S/C8H12O3/c1-4-5(9)7(11)8(2,3)6(4)10/h4,7,11H,1-3H3. The second-order valence-electron chi connectivity index (χ2n) is 3.61. The van der Waals surface area contributed by atoms with Crippen LogP contribution in [0, 0.1) is 11.3 Å². The predicted molar refractivity (Wildman–Crippen MR) is 39.0 cm³/mol. The maximum Gasteiger partial charge on any atom is 0.172 e. The molecular weight excluding hydrogens is 144 g/mol. The Balaban J connectivity index is 3.06. The zero-order chi connectivity index (χ0) is 8.81. The topological polar surface area (TPSA) is 54.4 Å². The summed E-state index contributed by atoms with van der Waals surface area (Å²) >= 11 is 0. The minimum absolute atomic E-state index is 0.157. The van der Waals surface area contributed by atoms with E-state index in [-0.39, 0.29) is 11.6 Å². The van der Waals surface area contributed by atoms with Gasteiger partial charge in [-0.05, 0) is 20.8 Å². The predicted octanol–water partition coefficient (Wildman–Crippen LogP) is 0.161. The van der Waals surface area contributed by atoms with Gasteiger partial charge in [-0.1, -0.05) is 0 Å². The molecule has 0 radical (unpaired) electrons. The highest BCUT2D eigenvalue weighted by atomic mass is 16.3. The highest BCUT2D eigenvalue weighted by Gasteiger charge is 2.51. The minimum Gasteiger partial charge on any atom is -0.384 e. The fourth-order valence-electron chi connectivity index (χ4n) is 1.41. The van der Waals surface area contributed by atoms with Crippen molar-refractivity contribution >= 4 is 11.6 Å². The van der Waals surface area contributed by atoms with E-state index in [4.69, 9.17) is 0 Å². The molecule has 1 rings (SSSR count). The molecule has 0 aliphatic heterocycles. The van der Waals surface area contributed by atoms with Gasteiger partial charge in [-0.3, -0.25) is 9.59 Å². The fraction of sp³-hybridized carbons (Fsp3) is 0.750. The van der Waals surface area contributed by atoms with Gasteiger partial charge >= 0.3 is 0 Å². The van der Waals surface area contributed by atoms with Gasteiger partial charge in [0.25, 0.3) is 0 Å². The Labute approximate surface area is 65.4 Å².